The maximum Gasteiger partial charge on any atom is 0.132 e. The first-order chi connectivity index (χ1) is 5.65. The second-order valence-corrected chi connectivity index (χ2v) is 2.46. The SMILES string of the molecule is NC[C@H](O)c1ccc(O)cc1F. The van der Waals surface area contributed by atoms with E-state index in [0.29, 0.717) is 0 Å². The van der Waals surface area contributed by atoms with E-state index in [1.807, 2.05) is 0 Å². The Bertz CT molecular complexity index is 278. The van der Waals surface area contributed by atoms with Gasteiger partial charge in [0.05, 0.1) is 6.10 Å². The van der Waals surface area contributed by atoms with Crippen molar-refractivity contribution >= 4 is 0 Å². The molecule has 0 unspecified atom stereocenters. The molecule has 4 heteroatoms. The third kappa shape index (κ3) is 1.72. The maximum absolute atomic E-state index is 12.9. The van der Waals surface area contributed by atoms with E-state index >= 15 is 0 Å². The van der Waals surface area contributed by atoms with Gasteiger partial charge in [0.25, 0.3) is 0 Å². The van der Waals surface area contributed by atoms with Crippen molar-refractivity contribution in [1.29, 1.82) is 0 Å². The van der Waals surface area contributed by atoms with Crippen LogP contribution in [0.2, 0.25) is 0 Å². The van der Waals surface area contributed by atoms with Crippen LogP contribution in [0.5, 0.6) is 5.75 Å². The molecule has 1 aromatic rings. The highest BCUT2D eigenvalue weighted by Gasteiger charge is 2.10. The van der Waals surface area contributed by atoms with Crippen LogP contribution in [0.4, 0.5) is 4.39 Å². The largest absolute Gasteiger partial charge is 0.508 e. The molecule has 0 spiro atoms. The van der Waals surface area contributed by atoms with E-state index in [4.69, 9.17) is 15.9 Å². The van der Waals surface area contributed by atoms with Gasteiger partial charge in [-0.3, -0.25) is 0 Å². The fourth-order valence-electron chi connectivity index (χ4n) is 0.913. The number of benzene rings is 1. The molecule has 0 aliphatic carbocycles. The summed E-state index contributed by atoms with van der Waals surface area (Å²) < 4.78 is 12.9. The molecule has 0 amide bonds. The van der Waals surface area contributed by atoms with Crippen LogP contribution in [0.25, 0.3) is 0 Å². The van der Waals surface area contributed by atoms with Crippen LogP contribution in [0, 0.1) is 5.82 Å². The van der Waals surface area contributed by atoms with Crippen molar-refractivity contribution in [2.45, 2.75) is 6.10 Å². The van der Waals surface area contributed by atoms with Gasteiger partial charge in [0.2, 0.25) is 0 Å². The summed E-state index contributed by atoms with van der Waals surface area (Å²) in [5, 5.41) is 18.0. The lowest BCUT2D eigenvalue weighted by atomic mass is 10.1. The minimum atomic E-state index is -1.01. The van der Waals surface area contributed by atoms with Gasteiger partial charge in [-0.05, 0) is 12.1 Å². The third-order valence-electron chi connectivity index (χ3n) is 1.57. The number of aromatic hydroxyl groups is 1. The summed E-state index contributed by atoms with van der Waals surface area (Å²) in [5.41, 5.74) is 5.24. The molecule has 0 saturated carbocycles. The number of halogens is 1. The Labute approximate surface area is 69.3 Å². The highest BCUT2D eigenvalue weighted by molar-refractivity contribution is 5.29. The average Bonchev–Trinajstić information content (AvgIpc) is 2.03. The van der Waals surface area contributed by atoms with Crippen molar-refractivity contribution in [3.05, 3.63) is 29.6 Å². The van der Waals surface area contributed by atoms with E-state index in [-0.39, 0.29) is 17.9 Å². The number of hydrogen-bond donors (Lipinski definition) is 3. The minimum absolute atomic E-state index is 0.0400. The summed E-state index contributed by atoms with van der Waals surface area (Å²) >= 11 is 0. The maximum atomic E-state index is 12.9. The van der Waals surface area contributed by atoms with Crippen LogP contribution < -0.4 is 5.73 Å². The lowest BCUT2D eigenvalue weighted by Gasteiger charge is -2.08. The summed E-state index contributed by atoms with van der Waals surface area (Å²) in [4.78, 5) is 0. The minimum Gasteiger partial charge on any atom is -0.508 e. The van der Waals surface area contributed by atoms with Crippen molar-refractivity contribution in [2.75, 3.05) is 6.54 Å². The zero-order chi connectivity index (χ0) is 9.14. The Kier molecular flexibility index (Phi) is 2.62. The number of nitrogens with two attached hydrogens (primary N) is 1. The van der Waals surface area contributed by atoms with Crippen LogP contribution in [0.1, 0.15) is 11.7 Å². The molecule has 0 aliphatic rings. The van der Waals surface area contributed by atoms with E-state index < -0.39 is 11.9 Å². The fourth-order valence-corrected chi connectivity index (χ4v) is 0.913. The van der Waals surface area contributed by atoms with Crippen molar-refractivity contribution < 1.29 is 14.6 Å². The van der Waals surface area contributed by atoms with Gasteiger partial charge in [0.1, 0.15) is 11.6 Å². The summed E-state index contributed by atoms with van der Waals surface area (Å²) in [7, 11) is 0. The average molecular weight is 171 g/mol. The Balaban J connectivity index is 3.01. The summed E-state index contributed by atoms with van der Waals surface area (Å²) in [6.07, 6.45) is -1.01. The van der Waals surface area contributed by atoms with Gasteiger partial charge >= 0.3 is 0 Å². The Morgan fingerprint density at radius 3 is 2.67 bits per heavy atom. The first kappa shape index (κ1) is 8.96. The molecular weight excluding hydrogens is 161 g/mol. The second kappa shape index (κ2) is 3.51. The molecule has 0 heterocycles. The lowest BCUT2D eigenvalue weighted by Crippen LogP contribution is -2.12. The summed E-state index contributed by atoms with van der Waals surface area (Å²) in [5.74, 6) is -0.812. The molecule has 3 nitrogen and oxygen atoms in total. The van der Waals surface area contributed by atoms with Crippen LogP contribution in [0.15, 0.2) is 18.2 Å². The Morgan fingerprint density at radius 1 is 1.50 bits per heavy atom. The van der Waals surface area contributed by atoms with E-state index in [1.54, 1.807) is 0 Å². The van der Waals surface area contributed by atoms with Crippen molar-refractivity contribution in [3.63, 3.8) is 0 Å². The zero-order valence-electron chi connectivity index (χ0n) is 6.37. The molecule has 1 atom stereocenters. The number of phenols is 1. The van der Waals surface area contributed by atoms with E-state index in [0.717, 1.165) is 6.07 Å². The molecular formula is C8H10FNO2. The van der Waals surface area contributed by atoms with Crippen LogP contribution in [0.3, 0.4) is 0 Å². The first-order valence-corrected chi connectivity index (χ1v) is 3.51. The number of hydrogen-bond acceptors (Lipinski definition) is 3. The Hall–Kier alpha value is -1.13. The molecule has 1 aromatic carbocycles. The smallest absolute Gasteiger partial charge is 0.132 e. The molecule has 0 aromatic heterocycles. The van der Waals surface area contributed by atoms with Crippen LogP contribution in [-0.4, -0.2) is 16.8 Å². The first-order valence-electron chi connectivity index (χ1n) is 3.51. The highest BCUT2D eigenvalue weighted by atomic mass is 19.1. The van der Waals surface area contributed by atoms with Gasteiger partial charge in [0, 0.05) is 18.2 Å². The van der Waals surface area contributed by atoms with Crippen LogP contribution >= 0.6 is 0 Å². The van der Waals surface area contributed by atoms with Crippen molar-refractivity contribution in [2.24, 2.45) is 5.73 Å². The molecule has 0 fully saturated rings. The molecule has 12 heavy (non-hydrogen) atoms. The van der Waals surface area contributed by atoms with Gasteiger partial charge in [-0.1, -0.05) is 0 Å². The quantitative estimate of drug-likeness (QED) is 0.607. The highest BCUT2D eigenvalue weighted by Crippen LogP contribution is 2.20. The monoisotopic (exact) mass is 171 g/mol. The van der Waals surface area contributed by atoms with Gasteiger partial charge in [-0.2, -0.15) is 0 Å². The third-order valence-corrected chi connectivity index (χ3v) is 1.57. The van der Waals surface area contributed by atoms with Crippen molar-refractivity contribution in [3.8, 4) is 5.75 Å². The second-order valence-electron chi connectivity index (χ2n) is 2.46. The van der Waals surface area contributed by atoms with Crippen molar-refractivity contribution in [1.82, 2.24) is 0 Å². The predicted molar refractivity (Wildman–Crippen MR) is 42.1 cm³/mol. The van der Waals surface area contributed by atoms with Gasteiger partial charge in [0.15, 0.2) is 0 Å². The number of aliphatic hydroxyl groups is 1. The molecule has 0 aliphatic heterocycles. The molecule has 66 valence electrons. The molecule has 0 saturated heterocycles. The Morgan fingerprint density at radius 2 is 2.17 bits per heavy atom. The van der Waals surface area contributed by atoms with E-state index in [2.05, 4.69) is 0 Å². The topological polar surface area (TPSA) is 66.5 Å². The predicted octanol–water partition coefficient (Wildman–Crippen LogP) is 0.523. The normalized spacial score (nSPS) is 12.9. The van der Waals surface area contributed by atoms with E-state index in [9.17, 15) is 4.39 Å². The lowest BCUT2D eigenvalue weighted by molar-refractivity contribution is 0.181. The summed E-state index contributed by atoms with van der Waals surface area (Å²) in [6.45, 7) is -0.0400. The molecule has 1 rings (SSSR count). The molecule has 0 radical (unpaired) electrons. The van der Waals surface area contributed by atoms with Crippen LogP contribution in [-0.2, 0) is 0 Å². The molecule has 0 bridgehead atoms. The fraction of sp³-hybridized carbons (Fsp3) is 0.250. The number of aliphatic hydroxyl groups excluding tert-OH is 1. The number of phenolic OH excluding ortho intramolecular Hbond substituents is 1. The summed E-state index contributed by atoms with van der Waals surface area (Å²) in [6, 6.07) is 3.55. The van der Waals surface area contributed by atoms with Gasteiger partial charge < -0.3 is 15.9 Å². The number of rotatable bonds is 2. The zero-order valence-corrected chi connectivity index (χ0v) is 6.37. The van der Waals surface area contributed by atoms with E-state index in [1.165, 1.54) is 12.1 Å². The standard InChI is InChI=1S/C8H10FNO2/c9-7-3-5(11)1-2-6(7)8(12)4-10/h1-3,8,11-12H,4,10H2/t8-/m0/s1. The molecule has 4 N–H and O–H groups in total. The van der Waals surface area contributed by atoms with Gasteiger partial charge in [-0.25, -0.2) is 4.39 Å². The van der Waals surface area contributed by atoms with Gasteiger partial charge in [-0.15, -0.1) is 0 Å².